The zero-order chi connectivity index (χ0) is 29.4. The Morgan fingerprint density at radius 1 is 0.952 bits per heavy atom. The maximum absolute atomic E-state index is 13.8. The lowest BCUT2D eigenvalue weighted by Gasteiger charge is -2.34. The van der Waals surface area contributed by atoms with E-state index >= 15 is 0 Å². The van der Waals surface area contributed by atoms with Crippen LogP contribution in [0.4, 0.5) is 0 Å². The van der Waals surface area contributed by atoms with Crippen LogP contribution in [0.1, 0.15) is 85.8 Å². The fraction of sp³-hybridized carbons (Fsp3) is 0.636. The number of pyridine rings is 2. The van der Waals surface area contributed by atoms with Crippen LogP contribution in [0.15, 0.2) is 24.3 Å². The van der Waals surface area contributed by atoms with Crippen molar-refractivity contribution in [1.29, 1.82) is 0 Å². The summed E-state index contributed by atoms with van der Waals surface area (Å²) in [6.07, 6.45) is 3.55. The van der Waals surface area contributed by atoms with Crippen molar-refractivity contribution in [3.05, 3.63) is 58.2 Å². The van der Waals surface area contributed by atoms with E-state index in [1.807, 2.05) is 9.80 Å². The Kier molecular flexibility index (Phi) is 8.61. The lowest BCUT2D eigenvalue weighted by Crippen LogP contribution is -2.48. The summed E-state index contributed by atoms with van der Waals surface area (Å²) in [5.41, 5.74) is 6.58. The number of aliphatic hydroxyl groups is 1. The van der Waals surface area contributed by atoms with Gasteiger partial charge >= 0.3 is 0 Å². The van der Waals surface area contributed by atoms with E-state index in [9.17, 15) is 14.7 Å². The molecule has 2 amide bonds. The zero-order valence-corrected chi connectivity index (χ0v) is 25.4. The van der Waals surface area contributed by atoms with Gasteiger partial charge in [0.1, 0.15) is 0 Å². The summed E-state index contributed by atoms with van der Waals surface area (Å²) < 4.78 is 0. The maximum Gasteiger partial charge on any atom is 0.240 e. The van der Waals surface area contributed by atoms with Crippen LogP contribution in [0.25, 0.3) is 0 Å². The van der Waals surface area contributed by atoms with Gasteiger partial charge in [-0.1, -0.05) is 32.9 Å². The minimum absolute atomic E-state index is 0.0908. The van der Waals surface area contributed by atoms with Crippen molar-refractivity contribution in [1.82, 2.24) is 30.0 Å². The van der Waals surface area contributed by atoms with Crippen molar-refractivity contribution in [3.8, 4) is 0 Å². The molecule has 2 N–H and O–H groups in total. The molecule has 0 saturated carbocycles. The first kappa shape index (κ1) is 29.2. The Morgan fingerprint density at radius 3 is 2.24 bits per heavy atom. The van der Waals surface area contributed by atoms with Crippen LogP contribution in [0.2, 0.25) is 0 Å². The number of fused-ring (bicyclic) bond motifs is 2. The fourth-order valence-electron chi connectivity index (χ4n) is 7.15. The molecule has 42 heavy (non-hydrogen) atoms. The molecule has 2 aromatic rings. The van der Waals surface area contributed by atoms with Gasteiger partial charge in [-0.3, -0.25) is 24.5 Å². The molecular weight excluding hydrogens is 528 g/mol. The number of hydrogen-bond donors (Lipinski definition) is 2. The number of carbonyl (C=O) groups excluding carboxylic acids is 2. The number of aliphatic hydroxyl groups excluding tert-OH is 1. The molecule has 6 rings (SSSR count). The Labute approximate surface area is 249 Å². The first-order chi connectivity index (χ1) is 20.3. The SMILES string of the molecule is CC(C)c1ccc2c(n1)CCN(C(=O)[C@H]1C[C@@H](O)CN1CC(C)c1ccc3c(n1)CCN(C(=O)[C@@H]1CCCNC1)C3)C2. The molecule has 0 aromatic carbocycles. The molecule has 4 atom stereocenters. The summed E-state index contributed by atoms with van der Waals surface area (Å²) in [5, 5.41) is 13.9. The first-order valence-electron chi connectivity index (χ1n) is 15.9. The molecule has 0 aliphatic carbocycles. The lowest BCUT2D eigenvalue weighted by molar-refractivity contribution is -0.137. The molecule has 9 nitrogen and oxygen atoms in total. The van der Waals surface area contributed by atoms with Crippen LogP contribution in [0.5, 0.6) is 0 Å². The maximum atomic E-state index is 13.8. The van der Waals surface area contributed by atoms with Crippen molar-refractivity contribution in [2.45, 2.75) is 89.9 Å². The second kappa shape index (κ2) is 12.4. The molecule has 2 fully saturated rings. The molecule has 6 heterocycles. The van der Waals surface area contributed by atoms with Crippen LogP contribution in [-0.4, -0.2) is 93.0 Å². The quantitative estimate of drug-likeness (QED) is 0.547. The normalized spacial score (nSPS) is 25.3. The second-order valence-electron chi connectivity index (χ2n) is 13.2. The van der Waals surface area contributed by atoms with Gasteiger partial charge in [0.15, 0.2) is 0 Å². The fourth-order valence-corrected chi connectivity index (χ4v) is 7.15. The molecular formula is C33H46N6O3. The molecule has 0 bridgehead atoms. The highest BCUT2D eigenvalue weighted by molar-refractivity contribution is 5.82. The number of rotatable bonds is 6. The van der Waals surface area contributed by atoms with Gasteiger partial charge < -0.3 is 20.2 Å². The summed E-state index contributed by atoms with van der Waals surface area (Å²) in [6.45, 7) is 12.0. The van der Waals surface area contributed by atoms with Gasteiger partial charge in [-0.25, -0.2) is 0 Å². The largest absolute Gasteiger partial charge is 0.392 e. The second-order valence-corrected chi connectivity index (χ2v) is 13.2. The molecule has 4 aliphatic heterocycles. The number of amides is 2. The zero-order valence-electron chi connectivity index (χ0n) is 25.4. The predicted octanol–water partition coefficient (Wildman–Crippen LogP) is 2.61. The molecule has 2 saturated heterocycles. The van der Waals surface area contributed by atoms with Gasteiger partial charge in [0.05, 0.1) is 18.1 Å². The van der Waals surface area contributed by atoms with Gasteiger partial charge in [0.25, 0.3) is 0 Å². The van der Waals surface area contributed by atoms with Gasteiger partial charge in [-0.15, -0.1) is 0 Å². The number of aromatic nitrogens is 2. The Morgan fingerprint density at radius 2 is 1.60 bits per heavy atom. The number of β-amino-alcohol motifs (C(OH)–C–C–N with tert-alkyl or cyclic N) is 1. The van der Waals surface area contributed by atoms with Crippen molar-refractivity contribution >= 4 is 11.8 Å². The summed E-state index contributed by atoms with van der Waals surface area (Å²) in [7, 11) is 0. The molecule has 2 aromatic heterocycles. The predicted molar refractivity (Wildman–Crippen MR) is 161 cm³/mol. The smallest absolute Gasteiger partial charge is 0.240 e. The minimum Gasteiger partial charge on any atom is -0.392 e. The third kappa shape index (κ3) is 6.10. The van der Waals surface area contributed by atoms with Crippen LogP contribution in [-0.2, 0) is 35.5 Å². The summed E-state index contributed by atoms with van der Waals surface area (Å²) >= 11 is 0. The molecule has 0 spiro atoms. The number of carbonyl (C=O) groups is 2. The molecule has 0 radical (unpaired) electrons. The van der Waals surface area contributed by atoms with E-state index in [-0.39, 0.29) is 29.7 Å². The van der Waals surface area contributed by atoms with E-state index in [0.717, 1.165) is 79.2 Å². The van der Waals surface area contributed by atoms with E-state index in [1.165, 1.54) is 0 Å². The summed E-state index contributed by atoms with van der Waals surface area (Å²) in [4.78, 5) is 42.8. The van der Waals surface area contributed by atoms with Gasteiger partial charge in [0.2, 0.25) is 11.8 Å². The first-order valence-corrected chi connectivity index (χ1v) is 15.9. The monoisotopic (exact) mass is 574 g/mol. The highest BCUT2D eigenvalue weighted by atomic mass is 16.3. The average molecular weight is 575 g/mol. The van der Waals surface area contributed by atoms with E-state index in [2.05, 4.69) is 55.3 Å². The van der Waals surface area contributed by atoms with Gasteiger partial charge in [0, 0.05) is 87.3 Å². The summed E-state index contributed by atoms with van der Waals surface area (Å²) in [6, 6.07) is 8.12. The number of hydrogen-bond acceptors (Lipinski definition) is 7. The Hall–Kier alpha value is -2.88. The standard InChI is InChI=1S/C33H46N6O3/c1-21(2)27-8-6-24-19-38(14-11-29(24)35-27)33(42)31-15-26(40)20-39(31)17-22(3)28-9-7-25-18-37(13-10-30(25)36-28)32(41)23-5-4-12-34-16-23/h6-9,21-23,26,31,34,40H,4-5,10-20H2,1-3H3/t22?,23-,26-,31-/m1/s1. The third-order valence-electron chi connectivity index (χ3n) is 9.68. The van der Waals surface area contributed by atoms with Crippen molar-refractivity contribution in [3.63, 3.8) is 0 Å². The van der Waals surface area contributed by atoms with Gasteiger partial charge in [-0.05, 0) is 55.0 Å². The van der Waals surface area contributed by atoms with E-state index < -0.39 is 6.10 Å². The lowest BCUT2D eigenvalue weighted by atomic mass is 9.95. The Balaban J connectivity index is 1.08. The van der Waals surface area contributed by atoms with Crippen molar-refractivity contribution < 1.29 is 14.7 Å². The van der Waals surface area contributed by atoms with Gasteiger partial charge in [-0.2, -0.15) is 0 Å². The molecule has 1 unspecified atom stereocenters. The summed E-state index contributed by atoms with van der Waals surface area (Å²) in [5.74, 6) is 0.965. The van der Waals surface area contributed by atoms with E-state index in [0.29, 0.717) is 45.1 Å². The Bertz CT molecular complexity index is 1310. The number of nitrogens with zero attached hydrogens (tertiary/aromatic N) is 5. The topological polar surface area (TPSA) is 102 Å². The van der Waals surface area contributed by atoms with E-state index in [4.69, 9.17) is 9.97 Å². The van der Waals surface area contributed by atoms with Crippen LogP contribution >= 0.6 is 0 Å². The minimum atomic E-state index is -0.502. The third-order valence-corrected chi connectivity index (χ3v) is 9.68. The van der Waals surface area contributed by atoms with Crippen molar-refractivity contribution in [2.75, 3.05) is 39.3 Å². The average Bonchev–Trinajstić information content (AvgIpc) is 3.38. The highest BCUT2D eigenvalue weighted by Gasteiger charge is 2.40. The number of likely N-dealkylation sites (tertiary alicyclic amines) is 1. The highest BCUT2D eigenvalue weighted by Crippen LogP contribution is 2.29. The van der Waals surface area contributed by atoms with Crippen molar-refractivity contribution in [2.24, 2.45) is 5.92 Å². The van der Waals surface area contributed by atoms with E-state index in [1.54, 1.807) is 0 Å². The number of nitrogens with one attached hydrogen (secondary N) is 1. The molecule has 9 heteroatoms. The van der Waals surface area contributed by atoms with Crippen LogP contribution in [0.3, 0.4) is 0 Å². The molecule has 226 valence electrons. The van der Waals surface area contributed by atoms with Crippen LogP contribution < -0.4 is 5.32 Å². The number of piperidine rings is 1. The van der Waals surface area contributed by atoms with Crippen LogP contribution in [0, 0.1) is 5.92 Å². The molecule has 4 aliphatic rings.